The number of hydrogen-bond acceptors (Lipinski definition) is 6. The maximum atomic E-state index is 12.9. The largest absolute Gasteiger partial charge is 0.462 e. The fourth-order valence-electron chi connectivity index (χ4n) is 8.79. The molecule has 0 amide bonds. The van der Waals surface area contributed by atoms with Gasteiger partial charge in [-0.3, -0.25) is 14.4 Å². The third-order valence-electron chi connectivity index (χ3n) is 13.6. The third kappa shape index (κ3) is 61.1. The zero-order chi connectivity index (χ0) is 54.3. The van der Waals surface area contributed by atoms with Gasteiger partial charge < -0.3 is 14.2 Å². The molecule has 0 bridgehead atoms. The van der Waals surface area contributed by atoms with Crippen molar-refractivity contribution >= 4 is 17.9 Å². The van der Waals surface area contributed by atoms with Crippen molar-refractivity contribution in [3.63, 3.8) is 0 Å². The number of ether oxygens (including phenoxy) is 3. The van der Waals surface area contributed by atoms with Gasteiger partial charge >= 0.3 is 17.9 Å². The predicted molar refractivity (Wildman–Crippen MR) is 325 cm³/mol. The minimum Gasteiger partial charge on any atom is -0.462 e. The predicted octanol–water partition coefficient (Wildman–Crippen LogP) is 21.7. The van der Waals surface area contributed by atoms with Gasteiger partial charge in [0, 0.05) is 19.3 Å². The molecule has 0 aliphatic heterocycles. The van der Waals surface area contributed by atoms with Gasteiger partial charge in [0.15, 0.2) is 6.10 Å². The molecule has 0 unspecified atom stereocenters. The van der Waals surface area contributed by atoms with Crippen LogP contribution in [0.15, 0.2) is 97.2 Å². The first-order chi connectivity index (χ1) is 37.0. The van der Waals surface area contributed by atoms with Crippen LogP contribution in [0, 0.1) is 0 Å². The molecule has 0 radical (unpaired) electrons. The molecule has 6 nitrogen and oxygen atoms in total. The molecule has 0 aromatic rings. The summed E-state index contributed by atoms with van der Waals surface area (Å²) in [6.45, 7) is 6.53. The molecule has 0 aliphatic rings. The number of allylic oxidation sites excluding steroid dienone is 16. The fraction of sp³-hybridized carbons (Fsp3) is 0.725. The van der Waals surface area contributed by atoms with Crippen molar-refractivity contribution in [2.45, 2.75) is 309 Å². The molecule has 0 N–H and O–H groups in total. The number of rotatable bonds is 57. The average Bonchev–Trinajstić information content (AvgIpc) is 3.41. The highest BCUT2D eigenvalue weighted by molar-refractivity contribution is 5.71. The van der Waals surface area contributed by atoms with Gasteiger partial charge in [-0.15, -0.1) is 0 Å². The molecule has 0 saturated carbocycles. The molecule has 6 heteroatoms. The zero-order valence-corrected chi connectivity index (χ0v) is 49.3. The summed E-state index contributed by atoms with van der Waals surface area (Å²) >= 11 is 0. The molecular formula is C69H118O6. The SMILES string of the molecule is CCCCC/C=C\C/C=C\C/C=C\C/C=C\C/C=C\CCC(=O)OC[C@H](COC(=O)CCCCCC/C=C\C/C=C\C/C=C\CCCCC)OC(=O)CCCCCCCCCCCCCCCCCCCCCCC. The van der Waals surface area contributed by atoms with Gasteiger partial charge in [-0.25, -0.2) is 0 Å². The van der Waals surface area contributed by atoms with Crippen LogP contribution >= 0.6 is 0 Å². The Kier molecular flexibility index (Phi) is 59.8. The van der Waals surface area contributed by atoms with E-state index < -0.39 is 6.10 Å². The standard InChI is InChI=1S/C69H118O6/c1-4-7-10-13-16-19-22-25-28-31-33-34-36-39-42-45-48-51-54-57-60-63-69(72)75-66(64-73-67(70)61-58-55-52-49-46-43-40-37-30-27-24-21-18-15-12-9-6-3)65-74-68(71)62-59-56-53-50-47-44-41-38-35-32-29-26-23-20-17-14-11-8-5-2/h17-18,20-21,26-27,29-30,35,38,40,43-44,47,53,56,66H,4-16,19,22-25,28,31-34,36-37,39,41-42,45-46,48-52,54-55,57-65H2,1-3H3/b20-17-,21-18-,29-26-,30-27-,38-35-,43-40-,47-44-,56-53-/t66-/m0/s1. The van der Waals surface area contributed by atoms with Crippen LogP contribution in [-0.4, -0.2) is 37.2 Å². The maximum Gasteiger partial charge on any atom is 0.306 e. The second-order valence-electron chi connectivity index (χ2n) is 21.0. The van der Waals surface area contributed by atoms with Gasteiger partial charge in [0.25, 0.3) is 0 Å². The second-order valence-corrected chi connectivity index (χ2v) is 21.0. The summed E-state index contributed by atoms with van der Waals surface area (Å²) < 4.78 is 16.8. The molecule has 0 aliphatic carbocycles. The van der Waals surface area contributed by atoms with Gasteiger partial charge in [-0.1, -0.05) is 285 Å². The van der Waals surface area contributed by atoms with Crippen LogP contribution in [0.25, 0.3) is 0 Å². The number of esters is 3. The first-order valence-corrected chi connectivity index (χ1v) is 31.7. The zero-order valence-electron chi connectivity index (χ0n) is 49.3. The molecule has 0 spiro atoms. The number of carbonyl (C=O) groups excluding carboxylic acids is 3. The van der Waals surface area contributed by atoms with Gasteiger partial charge in [0.1, 0.15) is 13.2 Å². The van der Waals surface area contributed by atoms with Crippen molar-refractivity contribution < 1.29 is 28.6 Å². The molecule has 1 atom stereocenters. The van der Waals surface area contributed by atoms with E-state index in [0.717, 1.165) is 89.9 Å². The molecule has 0 heterocycles. The highest BCUT2D eigenvalue weighted by atomic mass is 16.6. The lowest BCUT2D eigenvalue weighted by Gasteiger charge is -2.18. The number of hydrogen-bond donors (Lipinski definition) is 0. The van der Waals surface area contributed by atoms with Gasteiger partial charge in [-0.2, -0.15) is 0 Å². The Morgan fingerprint density at radius 1 is 0.267 bits per heavy atom. The van der Waals surface area contributed by atoms with E-state index >= 15 is 0 Å². The lowest BCUT2D eigenvalue weighted by Crippen LogP contribution is -2.30. The average molecular weight is 1040 g/mol. The Labute approximate surface area is 464 Å². The topological polar surface area (TPSA) is 78.9 Å². The van der Waals surface area contributed by atoms with Crippen LogP contribution in [0.1, 0.15) is 303 Å². The molecule has 430 valence electrons. The van der Waals surface area contributed by atoms with E-state index in [4.69, 9.17) is 14.2 Å². The van der Waals surface area contributed by atoms with Crippen LogP contribution in [0.2, 0.25) is 0 Å². The van der Waals surface area contributed by atoms with Gasteiger partial charge in [0.2, 0.25) is 0 Å². The van der Waals surface area contributed by atoms with Crippen LogP contribution in [-0.2, 0) is 28.6 Å². The van der Waals surface area contributed by atoms with E-state index in [2.05, 4.69) is 112 Å². The fourth-order valence-corrected chi connectivity index (χ4v) is 8.79. The quantitative estimate of drug-likeness (QED) is 0.0261. The van der Waals surface area contributed by atoms with Crippen molar-refractivity contribution in [1.29, 1.82) is 0 Å². The Hall–Kier alpha value is -3.67. The maximum absolute atomic E-state index is 12.9. The van der Waals surface area contributed by atoms with Crippen molar-refractivity contribution in [3.05, 3.63) is 97.2 Å². The molecule has 0 aromatic carbocycles. The highest BCUT2D eigenvalue weighted by Gasteiger charge is 2.19. The molecule has 75 heavy (non-hydrogen) atoms. The van der Waals surface area contributed by atoms with Crippen molar-refractivity contribution in [3.8, 4) is 0 Å². The molecule has 0 rings (SSSR count). The Balaban J connectivity index is 4.49. The summed E-state index contributed by atoms with van der Waals surface area (Å²) in [5, 5.41) is 0. The van der Waals surface area contributed by atoms with E-state index in [-0.39, 0.29) is 37.5 Å². The summed E-state index contributed by atoms with van der Waals surface area (Å²) in [4.78, 5) is 38.3. The van der Waals surface area contributed by atoms with E-state index in [1.165, 1.54) is 167 Å². The van der Waals surface area contributed by atoms with Crippen LogP contribution in [0.5, 0.6) is 0 Å². The van der Waals surface area contributed by atoms with Gasteiger partial charge in [-0.05, 0) is 96.3 Å². The Morgan fingerprint density at radius 2 is 0.507 bits per heavy atom. The Bertz CT molecular complexity index is 1480. The minimum atomic E-state index is -0.818. The molecular weight excluding hydrogens is 925 g/mol. The van der Waals surface area contributed by atoms with Crippen LogP contribution in [0.4, 0.5) is 0 Å². The summed E-state index contributed by atoms with van der Waals surface area (Å²) in [7, 11) is 0. The lowest BCUT2D eigenvalue weighted by atomic mass is 10.0. The summed E-state index contributed by atoms with van der Waals surface area (Å²) in [6.07, 6.45) is 84.2. The summed E-state index contributed by atoms with van der Waals surface area (Å²) in [6, 6.07) is 0. The molecule has 0 aromatic heterocycles. The van der Waals surface area contributed by atoms with Crippen LogP contribution < -0.4 is 0 Å². The van der Waals surface area contributed by atoms with Crippen LogP contribution in [0.3, 0.4) is 0 Å². The monoisotopic (exact) mass is 1040 g/mol. The summed E-state index contributed by atoms with van der Waals surface area (Å²) in [5.74, 6) is -1.00. The first kappa shape index (κ1) is 71.3. The Morgan fingerprint density at radius 3 is 0.853 bits per heavy atom. The third-order valence-corrected chi connectivity index (χ3v) is 13.6. The number of carbonyl (C=O) groups is 3. The van der Waals surface area contributed by atoms with Crippen molar-refractivity contribution in [2.24, 2.45) is 0 Å². The first-order valence-electron chi connectivity index (χ1n) is 31.7. The highest BCUT2D eigenvalue weighted by Crippen LogP contribution is 2.16. The van der Waals surface area contributed by atoms with Gasteiger partial charge in [0.05, 0.1) is 0 Å². The number of unbranched alkanes of at least 4 members (excludes halogenated alkanes) is 30. The van der Waals surface area contributed by atoms with E-state index in [1.807, 2.05) is 6.08 Å². The second kappa shape index (κ2) is 62.9. The van der Waals surface area contributed by atoms with E-state index in [1.54, 1.807) is 0 Å². The molecule has 0 saturated heterocycles. The van der Waals surface area contributed by atoms with E-state index in [0.29, 0.717) is 19.3 Å². The van der Waals surface area contributed by atoms with Crippen molar-refractivity contribution in [2.75, 3.05) is 13.2 Å². The smallest absolute Gasteiger partial charge is 0.306 e. The van der Waals surface area contributed by atoms with E-state index in [9.17, 15) is 14.4 Å². The molecule has 0 fully saturated rings. The lowest BCUT2D eigenvalue weighted by molar-refractivity contribution is -0.166. The van der Waals surface area contributed by atoms with Crippen molar-refractivity contribution in [1.82, 2.24) is 0 Å². The minimum absolute atomic E-state index is 0.110. The normalized spacial score (nSPS) is 12.7. The summed E-state index contributed by atoms with van der Waals surface area (Å²) in [5.41, 5.74) is 0.